The Kier molecular flexibility index (Phi) is 19.5. The summed E-state index contributed by atoms with van der Waals surface area (Å²) in [7, 11) is 9.58. The lowest BCUT2D eigenvalue weighted by Crippen LogP contribution is -2.09. The molecule has 0 aromatic rings. The first-order chi connectivity index (χ1) is 11.5. The normalized spacial score (nSPS) is 10.5. The van der Waals surface area contributed by atoms with Gasteiger partial charge in [0.25, 0.3) is 0 Å². The Morgan fingerprint density at radius 2 is 1.08 bits per heavy atom. The van der Waals surface area contributed by atoms with Gasteiger partial charge in [-0.3, -0.25) is 0 Å². The summed E-state index contributed by atoms with van der Waals surface area (Å²) in [6, 6.07) is 0. The topological polar surface area (TPSA) is 27.7 Å². The second-order valence-electron chi connectivity index (χ2n) is 3.59. The predicted octanol–water partition coefficient (Wildman–Crippen LogP) is 6.46. The first kappa shape index (κ1) is 25.8. The van der Waals surface area contributed by atoms with Crippen LogP contribution in [0.3, 0.4) is 0 Å². The monoisotopic (exact) mass is 500 g/mol. The highest BCUT2D eigenvalue weighted by molar-refractivity contribution is 8.86. The van der Waals surface area contributed by atoms with Gasteiger partial charge in [0.1, 0.15) is 0 Å². The third kappa shape index (κ3) is 16.0. The van der Waals surface area contributed by atoms with Crippen LogP contribution in [0.4, 0.5) is 0 Å². The molecule has 0 aliphatic carbocycles. The highest BCUT2D eigenvalue weighted by Gasteiger charge is 2.15. The van der Waals surface area contributed by atoms with Gasteiger partial charge in [0.15, 0.2) is 0 Å². The summed E-state index contributed by atoms with van der Waals surface area (Å²) in [6.45, 7) is 7.58. The molecule has 0 aromatic heterocycles. The molecular weight excluding hydrogens is 481 g/mol. The van der Waals surface area contributed by atoms with Crippen LogP contribution in [0.1, 0.15) is 20.8 Å². The van der Waals surface area contributed by atoms with E-state index in [1.54, 1.807) is 32.4 Å². The van der Waals surface area contributed by atoms with Crippen LogP contribution in [0.2, 0.25) is 0 Å². The van der Waals surface area contributed by atoms with Gasteiger partial charge in [-0.25, -0.2) is 0 Å². The fourth-order valence-corrected chi connectivity index (χ4v) is 9.67. The maximum Gasteiger partial charge on any atom is 0.230 e. The molecule has 0 amide bonds. The Bertz CT molecular complexity index is 357. The minimum atomic E-state index is 0.372. The molecule has 0 saturated carbocycles. The first-order valence-electron chi connectivity index (χ1n) is 6.95. The lowest BCUT2D eigenvalue weighted by molar-refractivity contribution is 0.346. The van der Waals surface area contributed by atoms with E-state index in [-0.39, 0.29) is 0 Å². The first-order valence-corrected chi connectivity index (χ1v) is 15.0. The van der Waals surface area contributed by atoms with Crippen LogP contribution in [-0.4, -0.2) is 49.7 Å². The highest BCUT2D eigenvalue weighted by Crippen LogP contribution is 2.38. The van der Waals surface area contributed by atoms with E-state index in [2.05, 4.69) is 0 Å². The molecule has 12 heteroatoms. The molecule has 0 bridgehead atoms. The van der Waals surface area contributed by atoms with Gasteiger partial charge in [-0.2, -0.15) is 0 Å². The fraction of sp³-hybridized carbons (Fsp3) is 0.750. The zero-order valence-corrected chi connectivity index (χ0v) is 20.9. The van der Waals surface area contributed by atoms with Crippen molar-refractivity contribution in [3.63, 3.8) is 0 Å². The van der Waals surface area contributed by atoms with E-state index >= 15 is 0 Å². The van der Waals surface area contributed by atoms with Crippen molar-refractivity contribution in [2.45, 2.75) is 26.0 Å². The Balaban J connectivity index is 4.19. The van der Waals surface area contributed by atoms with Crippen LogP contribution in [0.5, 0.6) is 0 Å². The molecule has 3 nitrogen and oxygen atoms in total. The molecule has 24 heavy (non-hydrogen) atoms. The Hall–Kier alpha value is 1.77. The summed E-state index contributed by atoms with van der Waals surface area (Å²) in [5, 5.41) is 0.372. The molecule has 0 heterocycles. The van der Waals surface area contributed by atoms with Gasteiger partial charge in [-0.1, -0.05) is 32.4 Å². The third-order valence-electron chi connectivity index (χ3n) is 1.80. The van der Waals surface area contributed by atoms with Crippen molar-refractivity contribution in [2.75, 3.05) is 31.3 Å². The summed E-state index contributed by atoms with van der Waals surface area (Å²) in [5.41, 5.74) is 0. The van der Waals surface area contributed by atoms with Crippen LogP contribution in [-0.2, 0) is 14.2 Å². The standard InChI is InChI=1S/C12H20O3S9/c1-4-13-10(16)22-19-7-9(21-24-12(18)15-6-3)8-20-23-11(17)14-5-2/h9H,4-8H2,1-3H3. The molecule has 0 N–H and O–H groups in total. The summed E-state index contributed by atoms with van der Waals surface area (Å²) in [5.74, 6) is 1.83. The molecule has 140 valence electrons. The van der Waals surface area contributed by atoms with Crippen LogP contribution in [0, 0.1) is 0 Å². The SMILES string of the molecule is CCOC(=S)SSCC(CSSC(=S)OCC)SSC(=S)OCC. The van der Waals surface area contributed by atoms with Gasteiger partial charge >= 0.3 is 0 Å². The Morgan fingerprint density at radius 3 is 1.46 bits per heavy atom. The van der Waals surface area contributed by atoms with Crippen molar-refractivity contribution in [1.29, 1.82) is 0 Å². The lowest BCUT2D eigenvalue weighted by atomic mass is 10.6. The van der Waals surface area contributed by atoms with Crippen LogP contribution in [0.15, 0.2) is 0 Å². The van der Waals surface area contributed by atoms with E-state index in [0.29, 0.717) is 38.2 Å². The number of ether oxygens (including phenoxy) is 3. The van der Waals surface area contributed by atoms with E-state index in [4.69, 9.17) is 50.9 Å². The van der Waals surface area contributed by atoms with Crippen LogP contribution in [0.25, 0.3) is 0 Å². The van der Waals surface area contributed by atoms with Gasteiger partial charge in [0.05, 0.1) is 19.8 Å². The predicted molar refractivity (Wildman–Crippen MR) is 132 cm³/mol. The zero-order valence-electron chi connectivity index (χ0n) is 13.5. The van der Waals surface area contributed by atoms with Gasteiger partial charge < -0.3 is 14.2 Å². The molecule has 0 aliphatic heterocycles. The summed E-state index contributed by atoms with van der Waals surface area (Å²) < 4.78 is 17.6. The molecule has 0 atom stereocenters. The van der Waals surface area contributed by atoms with E-state index in [1.807, 2.05) is 20.8 Å². The van der Waals surface area contributed by atoms with Crippen molar-refractivity contribution >= 4 is 115 Å². The minimum Gasteiger partial charge on any atom is -0.478 e. The van der Waals surface area contributed by atoms with E-state index in [1.165, 1.54) is 32.4 Å². The average Bonchev–Trinajstić information content (AvgIpc) is 2.53. The van der Waals surface area contributed by atoms with Crippen molar-refractivity contribution < 1.29 is 14.2 Å². The smallest absolute Gasteiger partial charge is 0.230 e. The Morgan fingerprint density at radius 1 is 0.708 bits per heavy atom. The summed E-state index contributed by atoms with van der Waals surface area (Å²) in [6.07, 6.45) is 0. The molecule has 0 aliphatic rings. The van der Waals surface area contributed by atoms with Gasteiger partial charge in [-0.05, 0) is 89.8 Å². The highest BCUT2D eigenvalue weighted by atomic mass is 33.1. The quantitative estimate of drug-likeness (QED) is 0.230. The lowest BCUT2D eigenvalue weighted by Gasteiger charge is -2.15. The van der Waals surface area contributed by atoms with Crippen LogP contribution < -0.4 is 0 Å². The van der Waals surface area contributed by atoms with E-state index in [9.17, 15) is 0 Å². The third-order valence-corrected chi connectivity index (χ3v) is 11.0. The molecule has 0 aromatic carbocycles. The summed E-state index contributed by atoms with van der Waals surface area (Å²) >= 11 is 15.4. The Labute approximate surface area is 184 Å². The zero-order chi connectivity index (χ0) is 18.2. The van der Waals surface area contributed by atoms with Crippen LogP contribution >= 0.6 is 101 Å². The number of rotatable bonds is 11. The van der Waals surface area contributed by atoms with Crippen molar-refractivity contribution in [3.05, 3.63) is 0 Å². The second-order valence-corrected chi connectivity index (χ2v) is 12.6. The fourth-order valence-electron chi connectivity index (χ4n) is 0.953. The van der Waals surface area contributed by atoms with E-state index in [0.717, 1.165) is 11.5 Å². The van der Waals surface area contributed by atoms with Gasteiger partial charge in [0, 0.05) is 16.8 Å². The van der Waals surface area contributed by atoms with Gasteiger partial charge in [0.2, 0.25) is 13.1 Å². The molecule has 0 fully saturated rings. The molecular formula is C12H20O3S9. The average molecular weight is 501 g/mol. The number of thiocarbonyl (C=S) groups is 3. The molecule has 0 rings (SSSR count). The number of hydrogen-bond donors (Lipinski definition) is 0. The molecule has 0 spiro atoms. The molecule has 0 radical (unpaired) electrons. The second kappa shape index (κ2) is 18.1. The summed E-state index contributed by atoms with van der Waals surface area (Å²) in [4.78, 5) is 0. The maximum atomic E-state index is 5.31. The van der Waals surface area contributed by atoms with Crippen molar-refractivity contribution in [2.24, 2.45) is 0 Å². The minimum absolute atomic E-state index is 0.372. The van der Waals surface area contributed by atoms with E-state index < -0.39 is 0 Å². The molecule has 0 unspecified atom stereocenters. The number of hydrogen-bond acceptors (Lipinski definition) is 12. The largest absolute Gasteiger partial charge is 0.478 e. The maximum absolute atomic E-state index is 5.31. The van der Waals surface area contributed by atoms with Crippen molar-refractivity contribution in [3.8, 4) is 0 Å². The van der Waals surface area contributed by atoms with Gasteiger partial charge in [-0.15, -0.1) is 0 Å². The van der Waals surface area contributed by atoms with Crippen molar-refractivity contribution in [1.82, 2.24) is 0 Å². The molecule has 0 saturated heterocycles.